The first-order valence-electron chi connectivity index (χ1n) is 19.6. The zero-order chi connectivity index (χ0) is 37.8. The molecule has 0 saturated carbocycles. The number of benzene rings is 9. The molecule has 10 aromatic rings. The molecule has 1 aliphatic rings. The second-order valence-corrected chi connectivity index (χ2v) is 15.9. The minimum absolute atomic E-state index is 0.440. The maximum Gasteiger partial charge on any atom is 0.0713 e. The van der Waals surface area contributed by atoms with Gasteiger partial charge in [-0.3, -0.25) is 0 Å². The Bertz CT molecular complexity index is 2990. The van der Waals surface area contributed by atoms with Gasteiger partial charge in [-0.05, 0) is 98.1 Å². The molecule has 0 atom stereocenters. The molecule has 1 aliphatic carbocycles. The molecule has 0 aliphatic heterocycles. The normalized spacial score (nSPS) is 12.7. The number of hydrogen-bond donors (Lipinski definition) is 0. The van der Waals surface area contributed by atoms with Crippen LogP contribution >= 0.6 is 11.3 Å². The van der Waals surface area contributed by atoms with Crippen molar-refractivity contribution in [2.45, 2.75) is 5.41 Å². The van der Waals surface area contributed by atoms with E-state index in [1.54, 1.807) is 0 Å². The summed E-state index contributed by atoms with van der Waals surface area (Å²) in [6.45, 7) is 0. The fourth-order valence-electron chi connectivity index (χ4n) is 9.22. The monoisotopic (exact) mass is 743 g/mol. The van der Waals surface area contributed by atoms with Crippen LogP contribution < -0.4 is 4.90 Å². The summed E-state index contributed by atoms with van der Waals surface area (Å²) in [5, 5.41) is 2.64. The molecule has 1 nitrogen and oxygen atoms in total. The largest absolute Gasteiger partial charge is 0.311 e. The van der Waals surface area contributed by atoms with Gasteiger partial charge in [-0.25, -0.2) is 0 Å². The van der Waals surface area contributed by atoms with Crippen LogP contribution in [0.2, 0.25) is 0 Å². The van der Waals surface area contributed by atoms with Gasteiger partial charge in [0.15, 0.2) is 0 Å². The van der Waals surface area contributed by atoms with Crippen LogP contribution in [-0.2, 0) is 5.41 Å². The van der Waals surface area contributed by atoms with E-state index in [9.17, 15) is 0 Å². The molecular weight excluding hydrogens is 707 g/mol. The fourth-order valence-corrected chi connectivity index (χ4v) is 10.5. The Kier molecular flexibility index (Phi) is 7.98. The molecule has 0 bridgehead atoms. The van der Waals surface area contributed by atoms with E-state index in [2.05, 4.69) is 229 Å². The summed E-state index contributed by atoms with van der Waals surface area (Å²) in [6.07, 6.45) is 0. The molecule has 9 aromatic carbocycles. The first-order chi connectivity index (χ1) is 28.3. The van der Waals surface area contributed by atoms with Gasteiger partial charge in [0.25, 0.3) is 0 Å². The molecule has 57 heavy (non-hydrogen) atoms. The summed E-state index contributed by atoms with van der Waals surface area (Å²) >= 11 is 1.88. The summed E-state index contributed by atoms with van der Waals surface area (Å²) < 4.78 is 2.65. The third kappa shape index (κ3) is 5.37. The first-order valence-corrected chi connectivity index (χ1v) is 20.4. The highest BCUT2D eigenvalue weighted by Gasteiger charge is 2.45. The minimum Gasteiger partial charge on any atom is -0.311 e. The number of fused-ring (bicyclic) bond motifs is 6. The topological polar surface area (TPSA) is 3.24 Å². The number of hydrogen-bond acceptors (Lipinski definition) is 2. The second-order valence-electron chi connectivity index (χ2n) is 14.8. The summed E-state index contributed by atoms with van der Waals surface area (Å²) in [5.74, 6) is 0. The maximum absolute atomic E-state index is 2.38. The van der Waals surface area contributed by atoms with Crippen LogP contribution in [-0.4, -0.2) is 0 Å². The highest BCUT2D eigenvalue weighted by molar-refractivity contribution is 7.26. The van der Waals surface area contributed by atoms with Gasteiger partial charge in [-0.1, -0.05) is 182 Å². The Balaban J connectivity index is 1.04. The van der Waals surface area contributed by atoms with Crippen LogP contribution in [0.15, 0.2) is 224 Å². The van der Waals surface area contributed by atoms with Crippen LogP contribution in [0.25, 0.3) is 53.6 Å². The van der Waals surface area contributed by atoms with Crippen molar-refractivity contribution < 1.29 is 0 Å². The Morgan fingerprint density at radius 1 is 0.316 bits per heavy atom. The van der Waals surface area contributed by atoms with Crippen molar-refractivity contribution in [1.29, 1.82) is 0 Å². The van der Waals surface area contributed by atoms with E-state index in [-0.39, 0.29) is 0 Å². The highest BCUT2D eigenvalue weighted by atomic mass is 32.1. The van der Waals surface area contributed by atoms with Crippen LogP contribution in [0, 0.1) is 0 Å². The van der Waals surface area contributed by atoms with E-state index in [0.717, 1.165) is 17.1 Å². The Labute approximate surface area is 337 Å². The fraction of sp³-hybridized carbons (Fsp3) is 0.0182. The van der Waals surface area contributed by atoms with Crippen molar-refractivity contribution in [3.63, 3.8) is 0 Å². The van der Waals surface area contributed by atoms with Gasteiger partial charge in [0.05, 0.1) is 5.41 Å². The average molecular weight is 744 g/mol. The van der Waals surface area contributed by atoms with Crippen LogP contribution in [0.4, 0.5) is 17.1 Å². The van der Waals surface area contributed by atoms with Crippen molar-refractivity contribution >= 4 is 48.6 Å². The predicted molar refractivity (Wildman–Crippen MR) is 242 cm³/mol. The quantitative estimate of drug-likeness (QED) is 0.157. The molecule has 11 rings (SSSR count). The van der Waals surface area contributed by atoms with Crippen molar-refractivity contribution in [2.75, 3.05) is 4.90 Å². The molecule has 0 N–H and O–H groups in total. The SMILES string of the molecule is c1ccc(-c2ccc(N(c3ccc(-c4cccc5c4sc4ccccc45)cc3)c3ccc(C4(c5ccccc5)c5ccccc5-c5ccccc54)cc3)cc2)cc1. The average Bonchev–Trinajstić information content (AvgIpc) is 3.82. The molecule has 0 spiro atoms. The Morgan fingerprint density at radius 3 is 1.42 bits per heavy atom. The van der Waals surface area contributed by atoms with Gasteiger partial charge in [-0.15, -0.1) is 11.3 Å². The van der Waals surface area contributed by atoms with Crippen LogP contribution in [0.5, 0.6) is 0 Å². The second kappa shape index (κ2) is 13.6. The molecule has 0 saturated heterocycles. The Morgan fingerprint density at radius 2 is 0.772 bits per heavy atom. The minimum atomic E-state index is -0.440. The zero-order valence-corrected chi connectivity index (χ0v) is 32.0. The lowest BCUT2D eigenvalue weighted by atomic mass is 9.68. The highest BCUT2D eigenvalue weighted by Crippen LogP contribution is 2.56. The van der Waals surface area contributed by atoms with Gasteiger partial charge >= 0.3 is 0 Å². The predicted octanol–water partition coefficient (Wildman–Crippen LogP) is 15.2. The van der Waals surface area contributed by atoms with E-state index < -0.39 is 5.41 Å². The van der Waals surface area contributed by atoms with E-state index in [0.29, 0.717) is 0 Å². The summed E-state index contributed by atoms with van der Waals surface area (Å²) in [4.78, 5) is 2.38. The maximum atomic E-state index is 2.38. The summed E-state index contributed by atoms with van der Waals surface area (Å²) in [6, 6.07) is 82.3. The molecule has 0 amide bonds. The van der Waals surface area contributed by atoms with Gasteiger partial charge in [0, 0.05) is 37.2 Å². The van der Waals surface area contributed by atoms with Crippen molar-refractivity contribution in [1.82, 2.24) is 0 Å². The molecule has 0 radical (unpaired) electrons. The van der Waals surface area contributed by atoms with E-state index in [1.807, 2.05) is 11.3 Å². The van der Waals surface area contributed by atoms with Crippen LogP contribution in [0.3, 0.4) is 0 Å². The van der Waals surface area contributed by atoms with Gasteiger partial charge in [0.2, 0.25) is 0 Å². The molecule has 268 valence electrons. The van der Waals surface area contributed by atoms with Gasteiger partial charge < -0.3 is 4.90 Å². The van der Waals surface area contributed by atoms with Gasteiger partial charge in [-0.2, -0.15) is 0 Å². The van der Waals surface area contributed by atoms with Crippen LogP contribution in [0.1, 0.15) is 22.3 Å². The Hall–Kier alpha value is -7.00. The first kappa shape index (κ1) is 33.3. The van der Waals surface area contributed by atoms with Crippen molar-refractivity contribution in [2.24, 2.45) is 0 Å². The number of rotatable bonds is 7. The third-order valence-corrected chi connectivity index (χ3v) is 13.0. The van der Waals surface area contributed by atoms with E-state index >= 15 is 0 Å². The van der Waals surface area contributed by atoms with Crippen molar-refractivity contribution in [3.8, 4) is 33.4 Å². The molecule has 0 unspecified atom stereocenters. The lowest BCUT2D eigenvalue weighted by molar-refractivity contribution is 0.768. The molecule has 1 heterocycles. The zero-order valence-electron chi connectivity index (χ0n) is 31.2. The number of anilines is 3. The molecule has 0 fully saturated rings. The summed E-state index contributed by atoms with van der Waals surface area (Å²) in [7, 11) is 0. The molecule has 2 heteroatoms. The standard InChI is InChI=1S/C55H37NS/c1-3-14-38(15-4-1)39-26-32-43(33-27-39)56(44-34-28-40(29-35-44)46-21-13-22-50-49-20-9-12-25-53(49)57-54(46)50)45-36-30-42(31-37-45)55(41-16-5-2-6-17-41)51-23-10-7-18-47(51)48-19-8-11-24-52(48)55/h1-37H. The molecular formula is C55H37NS. The smallest absolute Gasteiger partial charge is 0.0713 e. The van der Waals surface area contributed by atoms with E-state index in [4.69, 9.17) is 0 Å². The lowest BCUT2D eigenvalue weighted by Gasteiger charge is -2.34. The van der Waals surface area contributed by atoms with E-state index in [1.165, 1.54) is 75.8 Å². The number of nitrogens with zero attached hydrogens (tertiary/aromatic N) is 1. The number of thiophene rings is 1. The lowest BCUT2D eigenvalue weighted by Crippen LogP contribution is -2.28. The molecule has 1 aromatic heterocycles. The van der Waals surface area contributed by atoms with Gasteiger partial charge in [0.1, 0.15) is 0 Å². The third-order valence-electron chi connectivity index (χ3n) is 11.8. The summed E-state index contributed by atoms with van der Waals surface area (Å²) in [5.41, 5.74) is 15.5. The van der Waals surface area contributed by atoms with Crippen molar-refractivity contribution in [3.05, 3.63) is 247 Å².